The van der Waals surface area contributed by atoms with E-state index >= 15 is 0 Å². The average molecular weight is 211 g/mol. The van der Waals surface area contributed by atoms with Gasteiger partial charge in [0.1, 0.15) is 0 Å². The van der Waals surface area contributed by atoms with Crippen LogP contribution in [-0.4, -0.2) is 31.1 Å². The molecule has 3 N–H and O–H groups in total. The average Bonchev–Trinajstić information content (AvgIpc) is 2.47. The number of rotatable bonds is 2. The van der Waals surface area contributed by atoms with Crippen LogP contribution in [0.25, 0.3) is 0 Å². The van der Waals surface area contributed by atoms with E-state index in [0.29, 0.717) is 0 Å². The smallest absolute Gasteiger partial charge is 0.0455 e. The van der Waals surface area contributed by atoms with E-state index in [9.17, 15) is 0 Å². The molecule has 0 unspecified atom stereocenters. The van der Waals surface area contributed by atoms with Gasteiger partial charge in [0, 0.05) is 48.2 Å². The summed E-state index contributed by atoms with van der Waals surface area (Å²) in [4.78, 5) is 5.11. The minimum atomic E-state index is 0.945. The maximum Gasteiger partial charge on any atom is 0.0455 e. The Morgan fingerprint density at radius 3 is 2.79 bits per heavy atom. The van der Waals surface area contributed by atoms with Crippen molar-refractivity contribution in [2.45, 2.75) is 13.5 Å². The molecule has 1 aromatic rings. The van der Waals surface area contributed by atoms with Gasteiger partial charge in [-0.3, -0.25) is 4.90 Å². The van der Waals surface area contributed by atoms with Crippen LogP contribution in [0.2, 0.25) is 0 Å². The summed E-state index contributed by atoms with van der Waals surface area (Å²) in [5.41, 5.74) is 6.77. The molecule has 2 heterocycles. The fourth-order valence-corrected chi connectivity index (χ4v) is 2.73. The molecule has 3 nitrogen and oxygen atoms in total. The van der Waals surface area contributed by atoms with Crippen LogP contribution in [0.3, 0.4) is 0 Å². The number of nitrogens with one attached hydrogen (secondary N) is 1. The Labute approximate surface area is 88.9 Å². The van der Waals surface area contributed by atoms with Gasteiger partial charge in [0.05, 0.1) is 0 Å². The highest BCUT2D eigenvalue weighted by Crippen LogP contribution is 2.24. The molecule has 14 heavy (non-hydrogen) atoms. The molecule has 0 amide bonds. The van der Waals surface area contributed by atoms with Gasteiger partial charge < -0.3 is 11.1 Å². The highest BCUT2D eigenvalue weighted by atomic mass is 32.1. The third-order valence-corrected chi connectivity index (χ3v) is 3.65. The largest absolute Gasteiger partial charge is 0.398 e. The summed E-state index contributed by atoms with van der Waals surface area (Å²) in [6.07, 6.45) is 0. The zero-order valence-electron chi connectivity index (χ0n) is 8.55. The van der Waals surface area contributed by atoms with Crippen LogP contribution in [-0.2, 0) is 6.54 Å². The molecule has 0 spiro atoms. The number of hydrogen-bond donors (Lipinski definition) is 2. The first-order chi connectivity index (χ1) is 6.75. The topological polar surface area (TPSA) is 41.3 Å². The molecule has 1 saturated heterocycles. The fourth-order valence-electron chi connectivity index (χ4n) is 1.73. The van der Waals surface area contributed by atoms with Gasteiger partial charge in [0.25, 0.3) is 0 Å². The number of thiophene rings is 1. The molecule has 1 aromatic heterocycles. The van der Waals surface area contributed by atoms with Gasteiger partial charge in [-0.1, -0.05) is 0 Å². The summed E-state index contributed by atoms with van der Waals surface area (Å²) in [6.45, 7) is 7.67. The Kier molecular flexibility index (Phi) is 3.05. The third kappa shape index (κ3) is 2.26. The van der Waals surface area contributed by atoms with Crippen LogP contribution in [0, 0.1) is 6.92 Å². The zero-order chi connectivity index (χ0) is 9.97. The van der Waals surface area contributed by atoms with Gasteiger partial charge in [-0.15, -0.1) is 11.3 Å². The Balaban J connectivity index is 1.95. The Hall–Kier alpha value is -0.580. The summed E-state index contributed by atoms with van der Waals surface area (Å²) in [5, 5.41) is 3.35. The number of nitrogen functional groups attached to an aromatic ring is 1. The first-order valence-corrected chi connectivity index (χ1v) is 5.85. The normalized spacial score (nSPS) is 18.6. The van der Waals surface area contributed by atoms with E-state index < -0.39 is 0 Å². The van der Waals surface area contributed by atoms with Gasteiger partial charge >= 0.3 is 0 Å². The lowest BCUT2D eigenvalue weighted by molar-refractivity contribution is 0.235. The maximum atomic E-state index is 5.83. The number of hydrogen-bond acceptors (Lipinski definition) is 4. The van der Waals surface area contributed by atoms with Gasteiger partial charge in [-0.2, -0.15) is 0 Å². The van der Waals surface area contributed by atoms with Crippen molar-refractivity contribution in [1.29, 1.82) is 0 Å². The van der Waals surface area contributed by atoms with Crippen LogP contribution >= 0.6 is 11.3 Å². The van der Waals surface area contributed by atoms with Crippen molar-refractivity contribution in [2.75, 3.05) is 31.9 Å². The summed E-state index contributed by atoms with van der Waals surface area (Å²) in [6, 6.07) is 2.11. The lowest BCUT2D eigenvalue weighted by Crippen LogP contribution is -2.42. The van der Waals surface area contributed by atoms with Gasteiger partial charge in [0.2, 0.25) is 0 Å². The van der Waals surface area contributed by atoms with E-state index in [0.717, 1.165) is 38.4 Å². The molecule has 1 aliphatic rings. The predicted molar refractivity (Wildman–Crippen MR) is 61.6 cm³/mol. The van der Waals surface area contributed by atoms with Gasteiger partial charge in [-0.25, -0.2) is 0 Å². The Morgan fingerprint density at radius 2 is 2.21 bits per heavy atom. The number of aryl methyl sites for hydroxylation is 1. The summed E-state index contributed by atoms with van der Waals surface area (Å²) >= 11 is 1.82. The van der Waals surface area contributed by atoms with Crippen LogP contribution in [0.5, 0.6) is 0 Å². The Bertz CT molecular complexity index is 283. The summed E-state index contributed by atoms with van der Waals surface area (Å²) in [7, 11) is 0. The van der Waals surface area contributed by atoms with E-state index in [1.807, 2.05) is 11.3 Å². The van der Waals surface area contributed by atoms with E-state index in [-0.39, 0.29) is 0 Å². The van der Waals surface area contributed by atoms with Crippen LogP contribution in [0.4, 0.5) is 5.69 Å². The fraction of sp³-hybridized carbons (Fsp3) is 0.600. The van der Waals surface area contributed by atoms with Crippen LogP contribution in [0.1, 0.15) is 9.75 Å². The van der Waals surface area contributed by atoms with E-state index in [1.165, 1.54) is 9.75 Å². The number of anilines is 1. The van der Waals surface area contributed by atoms with Crippen LogP contribution in [0.15, 0.2) is 6.07 Å². The molecular weight excluding hydrogens is 194 g/mol. The molecule has 0 atom stereocenters. The van der Waals surface area contributed by atoms with E-state index in [4.69, 9.17) is 5.73 Å². The van der Waals surface area contributed by atoms with E-state index in [1.54, 1.807) is 0 Å². The first kappa shape index (κ1) is 9.96. The minimum absolute atomic E-state index is 0.945. The van der Waals surface area contributed by atoms with Crippen molar-refractivity contribution in [3.05, 3.63) is 15.8 Å². The SMILES string of the molecule is Cc1sc(CN2CCNCC2)cc1N. The molecule has 78 valence electrons. The quantitative estimate of drug-likeness (QED) is 0.768. The standard InChI is InChI=1S/C10H17N3S/c1-8-10(11)6-9(14-8)7-13-4-2-12-3-5-13/h6,12H,2-5,7,11H2,1H3. The number of piperazine rings is 1. The highest BCUT2D eigenvalue weighted by molar-refractivity contribution is 7.12. The number of nitrogens with two attached hydrogens (primary N) is 1. The van der Waals surface area contributed by atoms with Crippen molar-refractivity contribution in [2.24, 2.45) is 0 Å². The second-order valence-electron chi connectivity index (χ2n) is 3.75. The maximum absolute atomic E-state index is 5.83. The third-order valence-electron chi connectivity index (χ3n) is 2.60. The highest BCUT2D eigenvalue weighted by Gasteiger charge is 2.11. The molecule has 0 bridgehead atoms. The molecule has 0 saturated carbocycles. The summed E-state index contributed by atoms with van der Waals surface area (Å²) in [5.74, 6) is 0. The predicted octanol–water partition coefficient (Wildman–Crippen LogP) is 1.04. The zero-order valence-corrected chi connectivity index (χ0v) is 9.36. The molecule has 4 heteroatoms. The van der Waals surface area contributed by atoms with Crippen molar-refractivity contribution >= 4 is 17.0 Å². The number of nitrogens with zero attached hydrogens (tertiary/aromatic N) is 1. The molecule has 1 aliphatic heterocycles. The summed E-state index contributed by atoms with van der Waals surface area (Å²) < 4.78 is 0. The Morgan fingerprint density at radius 1 is 1.50 bits per heavy atom. The second-order valence-corrected chi connectivity index (χ2v) is 5.09. The molecule has 2 rings (SSSR count). The van der Waals surface area contributed by atoms with E-state index in [2.05, 4.69) is 23.2 Å². The lowest BCUT2D eigenvalue weighted by Gasteiger charge is -2.26. The molecule has 1 fully saturated rings. The van der Waals surface area contributed by atoms with Gasteiger partial charge in [0.15, 0.2) is 0 Å². The first-order valence-electron chi connectivity index (χ1n) is 5.03. The van der Waals surface area contributed by atoms with Crippen molar-refractivity contribution in [3.8, 4) is 0 Å². The monoisotopic (exact) mass is 211 g/mol. The molecule has 0 aliphatic carbocycles. The van der Waals surface area contributed by atoms with Crippen molar-refractivity contribution in [3.63, 3.8) is 0 Å². The minimum Gasteiger partial charge on any atom is -0.398 e. The van der Waals surface area contributed by atoms with Crippen molar-refractivity contribution < 1.29 is 0 Å². The molecule has 0 aromatic carbocycles. The van der Waals surface area contributed by atoms with Crippen molar-refractivity contribution in [1.82, 2.24) is 10.2 Å². The van der Waals surface area contributed by atoms with Crippen LogP contribution < -0.4 is 11.1 Å². The lowest BCUT2D eigenvalue weighted by atomic mass is 10.3. The van der Waals surface area contributed by atoms with Gasteiger partial charge in [-0.05, 0) is 13.0 Å². The molecule has 0 radical (unpaired) electrons. The second kappa shape index (κ2) is 4.29. The molecular formula is C10H17N3S.